The first kappa shape index (κ1) is 21.0. The lowest BCUT2D eigenvalue weighted by molar-refractivity contribution is -0.132. The van der Waals surface area contributed by atoms with E-state index < -0.39 is 0 Å². The Morgan fingerprint density at radius 3 is 2.71 bits per heavy atom. The van der Waals surface area contributed by atoms with Gasteiger partial charge in [0, 0.05) is 37.3 Å². The van der Waals surface area contributed by atoms with E-state index in [-0.39, 0.29) is 17.6 Å². The van der Waals surface area contributed by atoms with Crippen molar-refractivity contribution in [2.45, 2.75) is 38.0 Å². The maximum atomic E-state index is 13.0. The van der Waals surface area contributed by atoms with E-state index in [2.05, 4.69) is 15.3 Å². The van der Waals surface area contributed by atoms with Crippen LogP contribution in [-0.4, -0.2) is 33.9 Å². The van der Waals surface area contributed by atoms with E-state index in [9.17, 15) is 9.18 Å². The number of aryl methyl sites for hydroxylation is 1. The lowest BCUT2D eigenvalue weighted by atomic mass is 9.94. The van der Waals surface area contributed by atoms with Crippen molar-refractivity contribution in [2.24, 2.45) is 0 Å². The van der Waals surface area contributed by atoms with Crippen molar-refractivity contribution >= 4 is 17.4 Å². The van der Waals surface area contributed by atoms with Gasteiger partial charge >= 0.3 is 0 Å². The molecule has 1 fully saturated rings. The molecule has 0 bridgehead atoms. The van der Waals surface area contributed by atoms with Crippen LogP contribution in [-0.2, 0) is 11.2 Å². The van der Waals surface area contributed by atoms with Gasteiger partial charge in [-0.1, -0.05) is 18.2 Å². The average molecular weight is 419 g/mol. The number of benzene rings is 1. The summed E-state index contributed by atoms with van der Waals surface area (Å²) in [5.74, 6) is 1.01. The third-order valence-electron chi connectivity index (χ3n) is 5.69. The summed E-state index contributed by atoms with van der Waals surface area (Å²) in [6.07, 6.45) is 7.69. The van der Waals surface area contributed by atoms with E-state index >= 15 is 0 Å². The minimum atomic E-state index is -0.228. The number of aromatic nitrogens is 2. The van der Waals surface area contributed by atoms with Gasteiger partial charge in [0.1, 0.15) is 11.6 Å². The smallest absolute Gasteiger partial charge is 0.222 e. The van der Waals surface area contributed by atoms with Crippen LogP contribution < -0.4 is 5.32 Å². The van der Waals surface area contributed by atoms with Crippen molar-refractivity contribution in [3.63, 3.8) is 0 Å². The van der Waals surface area contributed by atoms with Gasteiger partial charge in [-0.05, 0) is 67.6 Å². The Balaban J connectivity index is 1.28. The molecule has 0 spiro atoms. The predicted molar refractivity (Wildman–Crippen MR) is 120 cm³/mol. The molecule has 3 aromatic rings. The number of likely N-dealkylation sites (tertiary alicyclic amines) is 1. The number of halogens is 1. The predicted octanol–water partition coefficient (Wildman–Crippen LogP) is 5.09. The fourth-order valence-corrected chi connectivity index (χ4v) is 4.00. The minimum absolute atomic E-state index is 0.195. The van der Waals surface area contributed by atoms with Crippen LogP contribution in [0.2, 0.25) is 0 Å². The van der Waals surface area contributed by atoms with Gasteiger partial charge in [0.2, 0.25) is 5.91 Å². The van der Waals surface area contributed by atoms with Crippen LogP contribution in [0.5, 0.6) is 0 Å². The van der Waals surface area contributed by atoms with Gasteiger partial charge in [0.05, 0.1) is 11.9 Å². The number of hydrogen-bond acceptors (Lipinski definition) is 4. The molecular formula is C25H27FN4O. The highest BCUT2D eigenvalue weighted by atomic mass is 19.1. The van der Waals surface area contributed by atoms with Crippen LogP contribution in [0.3, 0.4) is 0 Å². The van der Waals surface area contributed by atoms with Gasteiger partial charge in [0.15, 0.2) is 0 Å². The largest absolute Gasteiger partial charge is 0.342 e. The molecule has 6 heteroatoms. The molecule has 4 rings (SSSR count). The second kappa shape index (κ2) is 10.2. The van der Waals surface area contributed by atoms with Crippen LogP contribution in [0, 0.1) is 5.82 Å². The van der Waals surface area contributed by atoms with E-state index in [0.29, 0.717) is 6.42 Å². The van der Waals surface area contributed by atoms with Crippen molar-refractivity contribution in [1.82, 2.24) is 14.9 Å². The summed E-state index contributed by atoms with van der Waals surface area (Å²) in [5.41, 5.74) is 2.98. The normalized spacial score (nSPS) is 16.2. The molecule has 0 radical (unpaired) electrons. The SMILES string of the molecule is O=C(CCCc1ccc(F)cc1)N1CCC[C@H](c2ccc(Nc3ccccn3)cn2)C1. The zero-order valence-corrected chi connectivity index (χ0v) is 17.5. The Hall–Kier alpha value is -3.28. The van der Waals surface area contributed by atoms with Crippen LogP contribution in [0.15, 0.2) is 67.0 Å². The highest BCUT2D eigenvalue weighted by Crippen LogP contribution is 2.27. The molecule has 2 aromatic heterocycles. The summed E-state index contributed by atoms with van der Waals surface area (Å²) in [4.78, 5) is 23.6. The second-order valence-electron chi connectivity index (χ2n) is 7.97. The number of anilines is 2. The molecule has 1 aliphatic heterocycles. The standard InChI is InChI=1S/C25H27FN4O/c26-21-11-9-19(10-12-21)5-3-8-25(31)30-16-4-6-20(18-30)23-14-13-22(17-28-23)29-24-7-1-2-15-27-24/h1-2,7,9-15,17,20H,3-6,8,16,18H2,(H,27,29)/t20-/m0/s1. The second-order valence-corrected chi connectivity index (χ2v) is 7.97. The number of carbonyl (C=O) groups is 1. The van der Waals surface area contributed by atoms with Crippen LogP contribution in [0.1, 0.15) is 42.9 Å². The Bertz CT molecular complexity index is 977. The molecule has 5 nitrogen and oxygen atoms in total. The molecule has 31 heavy (non-hydrogen) atoms. The molecular weight excluding hydrogens is 391 g/mol. The Morgan fingerprint density at radius 2 is 1.97 bits per heavy atom. The Morgan fingerprint density at radius 1 is 1.10 bits per heavy atom. The third kappa shape index (κ3) is 5.87. The summed E-state index contributed by atoms with van der Waals surface area (Å²) >= 11 is 0. The average Bonchev–Trinajstić information content (AvgIpc) is 2.81. The zero-order valence-electron chi connectivity index (χ0n) is 17.5. The third-order valence-corrected chi connectivity index (χ3v) is 5.69. The van der Waals surface area contributed by atoms with Gasteiger partial charge < -0.3 is 10.2 Å². The van der Waals surface area contributed by atoms with Crippen LogP contribution >= 0.6 is 0 Å². The maximum absolute atomic E-state index is 13.0. The molecule has 0 unspecified atom stereocenters. The van der Waals surface area contributed by atoms with Gasteiger partial charge in [0.25, 0.3) is 0 Å². The van der Waals surface area contributed by atoms with Gasteiger partial charge in [-0.25, -0.2) is 9.37 Å². The molecule has 1 aromatic carbocycles. The molecule has 0 aliphatic carbocycles. The first-order chi connectivity index (χ1) is 15.2. The molecule has 0 saturated carbocycles. The van der Waals surface area contributed by atoms with E-state index in [4.69, 9.17) is 0 Å². The van der Waals surface area contributed by atoms with E-state index in [1.165, 1.54) is 12.1 Å². The van der Waals surface area contributed by atoms with Crippen LogP contribution in [0.4, 0.5) is 15.9 Å². The summed E-state index contributed by atoms with van der Waals surface area (Å²) in [6.45, 7) is 1.53. The topological polar surface area (TPSA) is 58.1 Å². The highest BCUT2D eigenvalue weighted by molar-refractivity contribution is 5.76. The number of nitrogens with zero attached hydrogens (tertiary/aromatic N) is 3. The maximum Gasteiger partial charge on any atom is 0.222 e. The number of amides is 1. The molecule has 1 saturated heterocycles. The molecule has 1 atom stereocenters. The van der Waals surface area contributed by atoms with E-state index in [0.717, 1.165) is 61.5 Å². The molecule has 1 N–H and O–H groups in total. The molecule has 1 amide bonds. The number of hydrogen-bond donors (Lipinski definition) is 1. The highest BCUT2D eigenvalue weighted by Gasteiger charge is 2.25. The summed E-state index contributed by atoms with van der Waals surface area (Å²) < 4.78 is 13.0. The Kier molecular flexibility index (Phi) is 6.87. The van der Waals surface area contributed by atoms with Crippen molar-refractivity contribution in [1.29, 1.82) is 0 Å². The van der Waals surface area contributed by atoms with Gasteiger partial charge in [-0.15, -0.1) is 0 Å². The number of nitrogens with one attached hydrogen (secondary N) is 1. The fraction of sp³-hybridized carbons (Fsp3) is 0.320. The van der Waals surface area contributed by atoms with Crippen LogP contribution in [0.25, 0.3) is 0 Å². The minimum Gasteiger partial charge on any atom is -0.342 e. The number of piperidine rings is 1. The fourth-order valence-electron chi connectivity index (χ4n) is 4.00. The van der Waals surface area contributed by atoms with Crippen molar-refractivity contribution in [3.8, 4) is 0 Å². The first-order valence-electron chi connectivity index (χ1n) is 10.8. The first-order valence-corrected chi connectivity index (χ1v) is 10.8. The quantitative estimate of drug-likeness (QED) is 0.581. The summed E-state index contributed by atoms with van der Waals surface area (Å²) in [7, 11) is 0. The number of carbonyl (C=O) groups excluding carboxylic acids is 1. The number of rotatable bonds is 7. The van der Waals surface area contributed by atoms with Crippen molar-refractivity contribution in [2.75, 3.05) is 18.4 Å². The van der Waals surface area contributed by atoms with Gasteiger partial charge in [-0.3, -0.25) is 9.78 Å². The van der Waals surface area contributed by atoms with E-state index in [1.807, 2.05) is 41.4 Å². The lowest BCUT2D eigenvalue weighted by Crippen LogP contribution is -2.39. The zero-order chi connectivity index (χ0) is 21.5. The number of pyridine rings is 2. The van der Waals surface area contributed by atoms with E-state index in [1.54, 1.807) is 18.3 Å². The molecule has 160 valence electrons. The molecule has 1 aliphatic rings. The van der Waals surface area contributed by atoms with Crippen molar-refractivity contribution in [3.05, 3.63) is 84.1 Å². The monoisotopic (exact) mass is 418 g/mol. The lowest BCUT2D eigenvalue weighted by Gasteiger charge is -2.32. The Labute approximate surface area is 182 Å². The molecule has 3 heterocycles. The summed E-state index contributed by atoms with van der Waals surface area (Å²) in [6, 6.07) is 16.3. The summed E-state index contributed by atoms with van der Waals surface area (Å²) in [5, 5.41) is 3.24. The van der Waals surface area contributed by atoms with Crippen molar-refractivity contribution < 1.29 is 9.18 Å². The van der Waals surface area contributed by atoms with Gasteiger partial charge in [-0.2, -0.15) is 0 Å².